The van der Waals surface area contributed by atoms with E-state index in [1.807, 2.05) is 20.8 Å². The van der Waals surface area contributed by atoms with Crippen LogP contribution in [0, 0.1) is 5.82 Å². The fourth-order valence-electron chi connectivity index (χ4n) is 2.77. The van der Waals surface area contributed by atoms with E-state index >= 15 is 0 Å². The molecule has 0 fully saturated rings. The fraction of sp³-hybridized carbons (Fsp3) is 0.250. The van der Waals surface area contributed by atoms with Crippen molar-refractivity contribution in [3.63, 3.8) is 0 Å². The Morgan fingerprint density at radius 1 is 1.10 bits per heavy atom. The van der Waals surface area contributed by atoms with Crippen LogP contribution in [0.5, 0.6) is 0 Å². The molecule has 150 valence electrons. The van der Waals surface area contributed by atoms with Crippen molar-refractivity contribution in [3.05, 3.63) is 71.2 Å². The van der Waals surface area contributed by atoms with Gasteiger partial charge in [-0.3, -0.25) is 19.5 Å². The third-order valence-corrected chi connectivity index (χ3v) is 4.43. The summed E-state index contributed by atoms with van der Waals surface area (Å²) in [7, 11) is 0. The number of nitrogens with zero attached hydrogens (tertiary/aromatic N) is 4. The molecule has 1 unspecified atom stereocenters. The predicted octanol–water partition coefficient (Wildman–Crippen LogP) is 3.38. The Bertz CT molecular complexity index is 972. The molecular weight excluding hydrogens is 393 g/mol. The molecule has 2 aromatic heterocycles. The molecule has 1 aromatic carbocycles. The second-order valence-electron chi connectivity index (χ2n) is 7.36. The van der Waals surface area contributed by atoms with Crippen molar-refractivity contribution in [1.82, 2.24) is 19.9 Å². The first-order valence-corrected chi connectivity index (χ1v) is 9.68. The van der Waals surface area contributed by atoms with Gasteiger partial charge in [0.2, 0.25) is 5.91 Å². The van der Waals surface area contributed by atoms with E-state index in [1.165, 1.54) is 34.5 Å². The van der Waals surface area contributed by atoms with Crippen LogP contribution in [-0.2, 0) is 4.79 Å². The Morgan fingerprint density at radius 2 is 1.76 bits per heavy atom. The zero-order valence-electron chi connectivity index (χ0n) is 16.2. The van der Waals surface area contributed by atoms with Gasteiger partial charge in [0.1, 0.15) is 11.9 Å². The molecule has 0 spiro atoms. The molecule has 0 aliphatic rings. The Balaban J connectivity index is 2.15. The molecule has 0 aliphatic heterocycles. The minimum atomic E-state index is -1.02. The highest BCUT2D eigenvalue weighted by molar-refractivity contribution is 7.03. The summed E-state index contributed by atoms with van der Waals surface area (Å²) in [6.07, 6.45) is 3.09. The summed E-state index contributed by atoms with van der Waals surface area (Å²) in [5.74, 6) is -1.35. The van der Waals surface area contributed by atoms with E-state index in [-0.39, 0.29) is 11.6 Å². The summed E-state index contributed by atoms with van der Waals surface area (Å²) >= 11 is 1.03. The summed E-state index contributed by atoms with van der Waals surface area (Å²) < 4.78 is 17.3. The van der Waals surface area contributed by atoms with Gasteiger partial charge in [-0.15, -0.1) is 5.10 Å². The van der Waals surface area contributed by atoms with E-state index in [0.29, 0.717) is 11.3 Å². The Labute approximate surface area is 171 Å². The molecule has 1 N–H and O–H groups in total. The minimum Gasteiger partial charge on any atom is -0.349 e. The van der Waals surface area contributed by atoms with Crippen molar-refractivity contribution in [3.8, 4) is 0 Å². The third-order valence-electron chi connectivity index (χ3n) is 3.93. The van der Waals surface area contributed by atoms with Crippen LogP contribution >= 0.6 is 11.5 Å². The normalized spacial score (nSPS) is 12.3. The van der Waals surface area contributed by atoms with Gasteiger partial charge in [0.15, 0.2) is 5.69 Å². The third kappa shape index (κ3) is 5.00. The zero-order valence-corrected chi connectivity index (χ0v) is 17.0. The van der Waals surface area contributed by atoms with Crippen LogP contribution in [0.2, 0.25) is 0 Å². The summed E-state index contributed by atoms with van der Waals surface area (Å²) in [6.45, 7) is 5.55. The van der Waals surface area contributed by atoms with Gasteiger partial charge < -0.3 is 5.32 Å². The summed E-state index contributed by atoms with van der Waals surface area (Å²) in [5, 5.41) is 8.27. The fourth-order valence-corrected chi connectivity index (χ4v) is 3.20. The molecule has 9 heteroatoms. The van der Waals surface area contributed by atoms with Gasteiger partial charge in [-0.25, -0.2) is 4.39 Å². The van der Waals surface area contributed by atoms with Crippen LogP contribution in [0.3, 0.4) is 0 Å². The lowest BCUT2D eigenvalue weighted by Gasteiger charge is -2.33. The number of nitrogens with one attached hydrogen (secondary N) is 1. The highest BCUT2D eigenvalue weighted by Crippen LogP contribution is 2.30. The number of amides is 2. The quantitative estimate of drug-likeness (QED) is 0.693. The number of pyridine rings is 1. The molecule has 2 amide bonds. The number of halogens is 1. The second-order valence-corrected chi connectivity index (χ2v) is 7.97. The Morgan fingerprint density at radius 3 is 2.31 bits per heavy atom. The smallest absolute Gasteiger partial charge is 0.280 e. The van der Waals surface area contributed by atoms with Gasteiger partial charge in [0.25, 0.3) is 5.91 Å². The van der Waals surface area contributed by atoms with E-state index in [2.05, 4.69) is 19.9 Å². The molecule has 29 heavy (non-hydrogen) atoms. The van der Waals surface area contributed by atoms with E-state index in [0.717, 1.165) is 11.5 Å². The van der Waals surface area contributed by atoms with Crippen molar-refractivity contribution < 1.29 is 14.0 Å². The SMILES string of the molecule is CC(C)(C)NC(=O)C(c1ccncc1)N(C(=O)c1csnn1)c1ccc(F)cc1. The molecule has 0 saturated heterocycles. The van der Waals surface area contributed by atoms with Gasteiger partial charge >= 0.3 is 0 Å². The van der Waals surface area contributed by atoms with Crippen molar-refractivity contribution >= 4 is 29.0 Å². The molecule has 2 heterocycles. The maximum absolute atomic E-state index is 13.5. The molecule has 3 rings (SSSR count). The van der Waals surface area contributed by atoms with Crippen LogP contribution in [0.15, 0.2) is 54.2 Å². The molecule has 0 bridgehead atoms. The minimum absolute atomic E-state index is 0.0990. The molecule has 1 atom stereocenters. The van der Waals surface area contributed by atoms with Crippen LogP contribution in [0.1, 0.15) is 42.9 Å². The highest BCUT2D eigenvalue weighted by atomic mass is 32.1. The number of hydrogen-bond acceptors (Lipinski definition) is 6. The molecular formula is C20H20FN5O2S. The maximum Gasteiger partial charge on any atom is 0.280 e. The average molecular weight is 413 g/mol. The van der Waals surface area contributed by atoms with Gasteiger partial charge in [0, 0.05) is 29.0 Å². The van der Waals surface area contributed by atoms with Crippen LogP contribution < -0.4 is 10.2 Å². The standard InChI is InChI=1S/C20H20FN5O2S/c1-20(2,3)23-18(27)17(13-8-10-22-11-9-13)26(15-6-4-14(21)5-7-15)19(28)16-12-29-25-24-16/h4-12,17H,1-3H3,(H,23,27). The van der Waals surface area contributed by atoms with Crippen molar-refractivity contribution in [2.45, 2.75) is 32.4 Å². The first-order chi connectivity index (χ1) is 13.8. The number of benzene rings is 1. The lowest BCUT2D eigenvalue weighted by molar-refractivity contribution is -0.123. The van der Waals surface area contributed by atoms with E-state index in [4.69, 9.17) is 0 Å². The lowest BCUT2D eigenvalue weighted by Crippen LogP contribution is -2.49. The monoisotopic (exact) mass is 413 g/mol. The number of hydrogen-bond donors (Lipinski definition) is 1. The molecule has 0 aliphatic carbocycles. The number of anilines is 1. The maximum atomic E-state index is 13.5. The van der Waals surface area contributed by atoms with E-state index in [1.54, 1.807) is 24.5 Å². The van der Waals surface area contributed by atoms with Crippen molar-refractivity contribution in [2.75, 3.05) is 4.90 Å². The number of carbonyl (C=O) groups is 2. The average Bonchev–Trinajstić information content (AvgIpc) is 3.20. The molecule has 0 saturated carbocycles. The van der Waals surface area contributed by atoms with Crippen LogP contribution in [0.4, 0.5) is 10.1 Å². The molecule has 3 aromatic rings. The largest absolute Gasteiger partial charge is 0.349 e. The van der Waals surface area contributed by atoms with Crippen molar-refractivity contribution in [2.24, 2.45) is 0 Å². The van der Waals surface area contributed by atoms with Crippen LogP contribution in [0.25, 0.3) is 0 Å². The summed E-state index contributed by atoms with van der Waals surface area (Å²) in [6, 6.07) is 7.68. The van der Waals surface area contributed by atoms with Gasteiger partial charge in [-0.05, 0) is 74.3 Å². The summed E-state index contributed by atoms with van der Waals surface area (Å²) in [4.78, 5) is 31.9. The second kappa shape index (κ2) is 8.44. The first-order valence-electron chi connectivity index (χ1n) is 8.84. The molecule has 7 nitrogen and oxygen atoms in total. The number of rotatable bonds is 5. The predicted molar refractivity (Wildman–Crippen MR) is 108 cm³/mol. The first kappa shape index (κ1) is 20.5. The van der Waals surface area contributed by atoms with Gasteiger partial charge in [-0.2, -0.15) is 0 Å². The topological polar surface area (TPSA) is 88.1 Å². The molecule has 0 radical (unpaired) electrons. The summed E-state index contributed by atoms with van der Waals surface area (Å²) in [5.41, 5.74) is 0.488. The van der Waals surface area contributed by atoms with Gasteiger partial charge in [-0.1, -0.05) is 4.49 Å². The van der Waals surface area contributed by atoms with Crippen LogP contribution in [-0.4, -0.2) is 31.9 Å². The highest BCUT2D eigenvalue weighted by Gasteiger charge is 2.35. The van der Waals surface area contributed by atoms with E-state index < -0.39 is 23.3 Å². The van der Waals surface area contributed by atoms with Gasteiger partial charge in [0.05, 0.1) is 0 Å². The number of carbonyl (C=O) groups excluding carboxylic acids is 2. The Kier molecular flexibility index (Phi) is 5.97. The van der Waals surface area contributed by atoms with Crippen molar-refractivity contribution in [1.29, 1.82) is 0 Å². The lowest BCUT2D eigenvalue weighted by atomic mass is 10.0. The zero-order chi connectivity index (χ0) is 21.0. The van der Waals surface area contributed by atoms with E-state index in [9.17, 15) is 14.0 Å². The Hall–Kier alpha value is -3.20. The number of aromatic nitrogens is 3.